The smallest absolute Gasteiger partial charge is 0.275 e. The van der Waals surface area contributed by atoms with E-state index in [1.165, 1.54) is 16.7 Å². The minimum absolute atomic E-state index is 0.111. The molecule has 1 aliphatic heterocycles. The van der Waals surface area contributed by atoms with Gasteiger partial charge in [0.25, 0.3) is 12.0 Å². The summed E-state index contributed by atoms with van der Waals surface area (Å²) in [5.74, 6) is 0.0274. The standard InChI is InChI=1S/C24H28F3N5O2/c1-4-6-19-29-22(28-14(2)15-7-5-8-16(20(15)25)21(26)27)17-13-18(32-9-11-34-12-10-32)24(33)31(3)23(17)30-19/h5,7-8,13-14,21H,4,6,9-12H2,1-3H3,(H,28,29,30)/t14-/m1/s1. The van der Waals surface area contributed by atoms with Gasteiger partial charge in [0.15, 0.2) is 0 Å². The fourth-order valence-electron chi connectivity index (χ4n) is 4.19. The van der Waals surface area contributed by atoms with Gasteiger partial charge in [0.2, 0.25) is 0 Å². The van der Waals surface area contributed by atoms with Crippen LogP contribution in [0.4, 0.5) is 24.7 Å². The summed E-state index contributed by atoms with van der Waals surface area (Å²) in [4.78, 5) is 24.3. The Kier molecular flexibility index (Phi) is 7.06. The summed E-state index contributed by atoms with van der Waals surface area (Å²) in [6.07, 6.45) is -1.52. The lowest BCUT2D eigenvalue weighted by Crippen LogP contribution is -2.40. The van der Waals surface area contributed by atoms with Crippen LogP contribution < -0.4 is 15.8 Å². The number of alkyl halides is 2. The first-order valence-corrected chi connectivity index (χ1v) is 11.4. The molecule has 0 aliphatic carbocycles. The summed E-state index contributed by atoms with van der Waals surface area (Å²) in [7, 11) is 1.66. The van der Waals surface area contributed by atoms with Gasteiger partial charge >= 0.3 is 0 Å². The van der Waals surface area contributed by atoms with Crippen molar-refractivity contribution in [3.63, 3.8) is 0 Å². The molecule has 0 unspecified atom stereocenters. The number of nitrogens with zero attached hydrogens (tertiary/aromatic N) is 4. The third kappa shape index (κ3) is 4.59. The van der Waals surface area contributed by atoms with Gasteiger partial charge in [0.05, 0.1) is 30.2 Å². The van der Waals surface area contributed by atoms with Crippen LogP contribution in [0.2, 0.25) is 0 Å². The number of halogens is 3. The molecule has 0 spiro atoms. The molecule has 34 heavy (non-hydrogen) atoms. The highest BCUT2D eigenvalue weighted by atomic mass is 19.3. The van der Waals surface area contributed by atoms with Gasteiger partial charge < -0.3 is 15.0 Å². The number of morpholine rings is 1. The van der Waals surface area contributed by atoms with E-state index in [2.05, 4.69) is 15.3 Å². The highest BCUT2D eigenvalue weighted by molar-refractivity contribution is 5.89. The molecule has 1 saturated heterocycles. The Labute approximate surface area is 195 Å². The Bertz CT molecular complexity index is 1240. The molecule has 10 heteroatoms. The van der Waals surface area contributed by atoms with Crippen molar-refractivity contribution < 1.29 is 17.9 Å². The second-order valence-corrected chi connectivity index (χ2v) is 8.39. The first-order valence-electron chi connectivity index (χ1n) is 11.4. The summed E-state index contributed by atoms with van der Waals surface area (Å²) in [6.45, 7) is 5.89. The first kappa shape index (κ1) is 24.0. The maximum absolute atomic E-state index is 14.8. The summed E-state index contributed by atoms with van der Waals surface area (Å²) in [5.41, 5.74) is 0.260. The highest BCUT2D eigenvalue weighted by Crippen LogP contribution is 2.31. The van der Waals surface area contributed by atoms with Crippen molar-refractivity contribution in [1.82, 2.24) is 14.5 Å². The molecule has 1 aliphatic rings. The molecule has 182 valence electrons. The molecule has 1 atom stereocenters. The van der Waals surface area contributed by atoms with Crippen molar-refractivity contribution in [2.45, 2.75) is 39.2 Å². The number of ether oxygens (including phenoxy) is 1. The van der Waals surface area contributed by atoms with Crippen molar-refractivity contribution in [3.05, 3.63) is 57.4 Å². The topological polar surface area (TPSA) is 72.3 Å². The minimum atomic E-state index is -2.91. The molecule has 3 aromatic rings. The number of nitrogens with one attached hydrogen (secondary N) is 1. The normalized spacial score (nSPS) is 15.2. The van der Waals surface area contributed by atoms with Crippen molar-refractivity contribution in [2.75, 3.05) is 36.5 Å². The summed E-state index contributed by atoms with van der Waals surface area (Å²) >= 11 is 0. The van der Waals surface area contributed by atoms with Gasteiger partial charge in [-0.3, -0.25) is 9.36 Å². The fraction of sp³-hybridized carbons (Fsp3) is 0.458. The van der Waals surface area contributed by atoms with Crippen LogP contribution in [0.15, 0.2) is 29.1 Å². The second kappa shape index (κ2) is 10.0. The van der Waals surface area contributed by atoms with Crippen LogP contribution in [-0.4, -0.2) is 40.8 Å². The van der Waals surface area contributed by atoms with Crippen LogP contribution in [0.25, 0.3) is 11.0 Å². The summed E-state index contributed by atoms with van der Waals surface area (Å²) < 4.78 is 48.1. The molecule has 0 saturated carbocycles. The average Bonchev–Trinajstić information content (AvgIpc) is 2.82. The number of rotatable bonds is 7. The Morgan fingerprint density at radius 2 is 1.88 bits per heavy atom. The molecule has 1 N–H and O–H groups in total. The van der Waals surface area contributed by atoms with Crippen molar-refractivity contribution in [2.24, 2.45) is 7.05 Å². The predicted molar refractivity (Wildman–Crippen MR) is 125 cm³/mol. The second-order valence-electron chi connectivity index (χ2n) is 8.39. The number of hydrogen-bond acceptors (Lipinski definition) is 6. The minimum Gasteiger partial charge on any atom is -0.378 e. The molecule has 0 amide bonds. The van der Waals surface area contributed by atoms with E-state index in [-0.39, 0.29) is 11.1 Å². The first-order chi connectivity index (χ1) is 16.3. The van der Waals surface area contributed by atoms with E-state index in [1.807, 2.05) is 11.8 Å². The van der Waals surface area contributed by atoms with E-state index in [9.17, 15) is 18.0 Å². The molecule has 0 bridgehead atoms. The van der Waals surface area contributed by atoms with Gasteiger partial charge in [-0.25, -0.2) is 23.1 Å². The zero-order valence-electron chi connectivity index (χ0n) is 19.4. The van der Waals surface area contributed by atoms with Crippen molar-refractivity contribution >= 4 is 22.5 Å². The Morgan fingerprint density at radius 3 is 2.56 bits per heavy atom. The van der Waals surface area contributed by atoms with Crippen LogP contribution in [0, 0.1) is 5.82 Å². The number of aryl methyl sites for hydroxylation is 2. The quantitative estimate of drug-likeness (QED) is 0.547. The van der Waals surface area contributed by atoms with E-state index in [1.54, 1.807) is 20.0 Å². The molecular weight excluding hydrogens is 447 g/mol. The van der Waals surface area contributed by atoms with Crippen LogP contribution >= 0.6 is 0 Å². The number of hydrogen-bond donors (Lipinski definition) is 1. The third-order valence-electron chi connectivity index (χ3n) is 6.03. The van der Waals surface area contributed by atoms with Crippen molar-refractivity contribution in [3.8, 4) is 0 Å². The predicted octanol–water partition coefficient (Wildman–Crippen LogP) is 4.37. The number of fused-ring (bicyclic) bond motifs is 1. The maximum atomic E-state index is 14.8. The zero-order valence-corrected chi connectivity index (χ0v) is 19.4. The molecule has 0 radical (unpaired) electrons. The lowest BCUT2D eigenvalue weighted by molar-refractivity contribution is 0.122. The van der Waals surface area contributed by atoms with Crippen LogP contribution in [-0.2, 0) is 18.2 Å². The van der Waals surface area contributed by atoms with Gasteiger partial charge in [-0.1, -0.05) is 25.1 Å². The Balaban J connectivity index is 1.82. The molecule has 2 aromatic heterocycles. The molecule has 1 aromatic carbocycles. The molecule has 7 nitrogen and oxygen atoms in total. The number of benzene rings is 1. The monoisotopic (exact) mass is 475 g/mol. The van der Waals surface area contributed by atoms with Gasteiger partial charge in [-0.15, -0.1) is 0 Å². The lowest BCUT2D eigenvalue weighted by Gasteiger charge is -2.29. The average molecular weight is 476 g/mol. The Morgan fingerprint density at radius 1 is 1.18 bits per heavy atom. The van der Waals surface area contributed by atoms with Crippen molar-refractivity contribution in [1.29, 1.82) is 0 Å². The summed E-state index contributed by atoms with van der Waals surface area (Å²) in [6, 6.07) is 5.07. The zero-order chi connectivity index (χ0) is 24.4. The SMILES string of the molecule is CCCc1nc(N[C@H](C)c2cccc(C(F)F)c2F)c2cc(N3CCOCC3)c(=O)n(C)c2n1. The lowest BCUT2D eigenvalue weighted by atomic mass is 10.0. The third-order valence-corrected chi connectivity index (χ3v) is 6.03. The van der Waals surface area contributed by atoms with E-state index in [4.69, 9.17) is 4.74 Å². The fourth-order valence-corrected chi connectivity index (χ4v) is 4.19. The number of anilines is 2. The largest absolute Gasteiger partial charge is 0.378 e. The molecule has 3 heterocycles. The highest BCUT2D eigenvalue weighted by Gasteiger charge is 2.23. The number of aromatic nitrogens is 3. The van der Waals surface area contributed by atoms with Gasteiger partial charge in [-0.05, 0) is 19.4 Å². The van der Waals surface area contributed by atoms with Crippen LogP contribution in [0.1, 0.15) is 49.7 Å². The van der Waals surface area contributed by atoms with Gasteiger partial charge in [-0.2, -0.15) is 0 Å². The van der Waals surface area contributed by atoms with E-state index in [0.29, 0.717) is 61.1 Å². The Hall–Kier alpha value is -3.14. The van der Waals surface area contributed by atoms with Crippen LogP contribution in [0.5, 0.6) is 0 Å². The molecule has 1 fully saturated rings. The van der Waals surface area contributed by atoms with E-state index >= 15 is 0 Å². The maximum Gasteiger partial charge on any atom is 0.275 e. The van der Waals surface area contributed by atoms with E-state index in [0.717, 1.165) is 12.5 Å². The summed E-state index contributed by atoms with van der Waals surface area (Å²) in [5, 5.41) is 3.79. The van der Waals surface area contributed by atoms with E-state index < -0.39 is 23.8 Å². The van der Waals surface area contributed by atoms with Gasteiger partial charge in [0, 0.05) is 32.1 Å². The molecule has 4 rings (SSSR count). The van der Waals surface area contributed by atoms with Gasteiger partial charge in [0.1, 0.15) is 28.8 Å². The molecular formula is C24H28F3N5O2. The van der Waals surface area contributed by atoms with Crippen LogP contribution in [0.3, 0.4) is 0 Å². The number of pyridine rings is 1.